The molecule has 2 amide bonds. The summed E-state index contributed by atoms with van der Waals surface area (Å²) in [6.07, 6.45) is 3.17. The van der Waals surface area contributed by atoms with Crippen molar-refractivity contribution in [1.29, 1.82) is 0 Å². The summed E-state index contributed by atoms with van der Waals surface area (Å²) in [5.74, 6) is 1.19. The van der Waals surface area contributed by atoms with Gasteiger partial charge in [0.05, 0.1) is 5.04 Å². The number of amides is 2. The van der Waals surface area contributed by atoms with Gasteiger partial charge in [-0.25, -0.2) is 9.79 Å². The summed E-state index contributed by atoms with van der Waals surface area (Å²) in [7, 11) is 0. The summed E-state index contributed by atoms with van der Waals surface area (Å²) >= 11 is 1.69. The highest BCUT2D eigenvalue weighted by Gasteiger charge is 2.31. The Kier molecular flexibility index (Phi) is 3.51. The molecular weight excluding hydrogens is 256 g/mol. The Bertz CT molecular complexity index is 577. The molecule has 0 bridgehead atoms. The monoisotopic (exact) mass is 272 g/mol. The molecule has 0 radical (unpaired) electrons. The topological polar surface area (TPSA) is 41.8 Å². The minimum Gasteiger partial charge on any atom is -0.244 e. The van der Waals surface area contributed by atoms with Gasteiger partial charge in [-0.3, -0.25) is 0 Å². The molecule has 1 heterocycles. The zero-order valence-corrected chi connectivity index (χ0v) is 11.7. The van der Waals surface area contributed by atoms with E-state index < -0.39 is 0 Å². The van der Waals surface area contributed by atoms with Crippen molar-refractivity contribution in [2.45, 2.75) is 31.9 Å². The third kappa shape index (κ3) is 2.78. The normalized spacial score (nSPS) is 21.9. The van der Waals surface area contributed by atoms with E-state index in [1.54, 1.807) is 11.8 Å². The summed E-state index contributed by atoms with van der Waals surface area (Å²) in [6.45, 7) is 2.09. The molecule has 0 spiro atoms. The van der Waals surface area contributed by atoms with Crippen LogP contribution >= 0.6 is 11.8 Å². The molecule has 0 N–H and O–H groups in total. The molecule has 1 aliphatic carbocycles. The number of hydrogen-bond acceptors (Lipinski definition) is 2. The summed E-state index contributed by atoms with van der Waals surface area (Å²) in [4.78, 5) is 19.6. The highest BCUT2D eigenvalue weighted by Crippen LogP contribution is 2.32. The van der Waals surface area contributed by atoms with Gasteiger partial charge in [-0.15, -0.1) is 11.8 Å². The van der Waals surface area contributed by atoms with E-state index in [2.05, 4.69) is 41.2 Å². The zero-order valence-electron chi connectivity index (χ0n) is 10.9. The van der Waals surface area contributed by atoms with Gasteiger partial charge in [0, 0.05) is 17.4 Å². The number of fused-ring (bicyclic) bond motifs is 1. The maximum Gasteiger partial charge on any atom is 0.367 e. The van der Waals surface area contributed by atoms with Crippen molar-refractivity contribution >= 4 is 28.5 Å². The number of carbonyl (C=O) groups is 1. The Morgan fingerprint density at radius 1 is 1.37 bits per heavy atom. The highest BCUT2D eigenvalue weighted by atomic mass is 32.2. The van der Waals surface area contributed by atoms with Crippen LogP contribution in [0.4, 0.5) is 4.79 Å². The van der Waals surface area contributed by atoms with Crippen molar-refractivity contribution in [1.82, 2.24) is 0 Å². The van der Waals surface area contributed by atoms with Crippen LogP contribution in [0.2, 0.25) is 0 Å². The lowest BCUT2D eigenvalue weighted by Crippen LogP contribution is -2.22. The minimum atomic E-state index is -0.320. The first kappa shape index (κ1) is 12.6. The number of rotatable bonds is 2. The SMILES string of the molecule is Cc1cccc(CSC2=NC(=O)N=C3CCCC32)c1. The molecule has 0 saturated heterocycles. The highest BCUT2D eigenvalue weighted by molar-refractivity contribution is 8.13. The first-order chi connectivity index (χ1) is 9.22. The molecule has 3 nitrogen and oxygen atoms in total. The third-order valence-electron chi connectivity index (χ3n) is 3.54. The van der Waals surface area contributed by atoms with Crippen LogP contribution in [-0.4, -0.2) is 16.8 Å². The second-order valence-electron chi connectivity index (χ2n) is 5.06. The van der Waals surface area contributed by atoms with Crippen molar-refractivity contribution in [3.05, 3.63) is 35.4 Å². The molecule has 2 aliphatic rings. The van der Waals surface area contributed by atoms with Crippen LogP contribution in [0.5, 0.6) is 0 Å². The van der Waals surface area contributed by atoms with Gasteiger partial charge in [0.15, 0.2) is 0 Å². The maximum atomic E-state index is 11.5. The summed E-state index contributed by atoms with van der Waals surface area (Å²) in [5, 5.41) is 0.967. The van der Waals surface area contributed by atoms with E-state index in [0.717, 1.165) is 35.8 Å². The summed E-state index contributed by atoms with van der Waals surface area (Å²) in [5.41, 5.74) is 3.59. The molecule has 98 valence electrons. The number of thioether (sulfide) groups is 1. The largest absolute Gasteiger partial charge is 0.367 e. The van der Waals surface area contributed by atoms with Gasteiger partial charge in [0.1, 0.15) is 0 Å². The van der Waals surface area contributed by atoms with Gasteiger partial charge in [0.2, 0.25) is 0 Å². The zero-order chi connectivity index (χ0) is 13.2. The fourth-order valence-corrected chi connectivity index (χ4v) is 3.73. The molecule has 3 rings (SSSR count). The minimum absolute atomic E-state index is 0.313. The first-order valence-electron chi connectivity index (χ1n) is 6.61. The Balaban J connectivity index is 1.71. The molecule has 1 atom stereocenters. The van der Waals surface area contributed by atoms with Crippen molar-refractivity contribution < 1.29 is 4.79 Å². The lowest BCUT2D eigenvalue weighted by Gasteiger charge is -2.16. The molecule has 19 heavy (non-hydrogen) atoms. The molecule has 1 aliphatic heterocycles. The fourth-order valence-electron chi connectivity index (χ4n) is 2.64. The van der Waals surface area contributed by atoms with Crippen molar-refractivity contribution in [2.75, 3.05) is 0 Å². The van der Waals surface area contributed by atoms with Crippen LogP contribution in [0.25, 0.3) is 0 Å². The lowest BCUT2D eigenvalue weighted by atomic mass is 10.1. The average molecular weight is 272 g/mol. The number of aryl methyl sites for hydroxylation is 1. The third-order valence-corrected chi connectivity index (χ3v) is 4.69. The van der Waals surface area contributed by atoms with Crippen molar-refractivity contribution in [3.8, 4) is 0 Å². The van der Waals surface area contributed by atoms with Gasteiger partial charge in [-0.05, 0) is 31.7 Å². The maximum absolute atomic E-state index is 11.5. The van der Waals surface area contributed by atoms with Gasteiger partial charge in [-0.1, -0.05) is 29.8 Å². The van der Waals surface area contributed by atoms with Gasteiger partial charge < -0.3 is 0 Å². The number of benzene rings is 1. The molecule has 1 aromatic rings. The second-order valence-corrected chi connectivity index (χ2v) is 6.05. The lowest BCUT2D eigenvalue weighted by molar-refractivity contribution is 0.256. The van der Waals surface area contributed by atoms with E-state index in [1.807, 2.05) is 0 Å². The van der Waals surface area contributed by atoms with E-state index in [4.69, 9.17) is 0 Å². The number of nitrogens with zero attached hydrogens (tertiary/aromatic N) is 2. The van der Waals surface area contributed by atoms with Crippen molar-refractivity contribution in [2.24, 2.45) is 15.9 Å². The van der Waals surface area contributed by atoms with E-state index in [1.165, 1.54) is 11.1 Å². The van der Waals surface area contributed by atoms with Gasteiger partial charge >= 0.3 is 6.03 Å². The van der Waals surface area contributed by atoms with Crippen LogP contribution in [0, 0.1) is 12.8 Å². The van der Waals surface area contributed by atoms with Gasteiger partial charge in [-0.2, -0.15) is 4.99 Å². The standard InChI is InChI=1S/C15H16N2OS/c1-10-4-2-5-11(8-10)9-19-14-12-6-3-7-13(12)16-15(18)17-14/h2,4-5,8,12H,3,6-7,9H2,1H3. The number of urea groups is 1. The van der Waals surface area contributed by atoms with E-state index in [0.29, 0.717) is 5.92 Å². The van der Waals surface area contributed by atoms with E-state index >= 15 is 0 Å². The average Bonchev–Trinajstić information content (AvgIpc) is 2.84. The first-order valence-corrected chi connectivity index (χ1v) is 7.59. The van der Waals surface area contributed by atoms with E-state index in [-0.39, 0.29) is 6.03 Å². The van der Waals surface area contributed by atoms with Crippen molar-refractivity contribution in [3.63, 3.8) is 0 Å². The number of hydrogen-bond donors (Lipinski definition) is 0. The van der Waals surface area contributed by atoms with Crippen LogP contribution in [0.15, 0.2) is 34.3 Å². The molecule has 0 aromatic heterocycles. The van der Waals surface area contributed by atoms with E-state index in [9.17, 15) is 4.79 Å². The second kappa shape index (κ2) is 5.29. The summed E-state index contributed by atoms with van der Waals surface area (Å²) in [6, 6.07) is 8.15. The Labute approximate surface area is 117 Å². The van der Waals surface area contributed by atoms with Crippen LogP contribution in [-0.2, 0) is 5.75 Å². The molecule has 1 fully saturated rings. The molecule has 1 aromatic carbocycles. The Morgan fingerprint density at radius 3 is 3.11 bits per heavy atom. The molecular formula is C15H16N2OS. The molecule has 1 unspecified atom stereocenters. The fraction of sp³-hybridized carbons (Fsp3) is 0.400. The van der Waals surface area contributed by atoms with Crippen LogP contribution < -0.4 is 0 Å². The molecule has 4 heteroatoms. The number of carbonyl (C=O) groups excluding carboxylic acids is 1. The predicted octanol–water partition coefficient (Wildman–Crippen LogP) is 4.00. The van der Waals surface area contributed by atoms with Gasteiger partial charge in [0.25, 0.3) is 0 Å². The number of aliphatic imine (C=N–C) groups is 2. The van der Waals surface area contributed by atoms with Crippen LogP contribution in [0.1, 0.15) is 30.4 Å². The quantitative estimate of drug-likeness (QED) is 0.816. The Morgan fingerprint density at radius 2 is 2.26 bits per heavy atom. The smallest absolute Gasteiger partial charge is 0.244 e. The Hall–Kier alpha value is -1.42. The molecule has 1 saturated carbocycles. The summed E-state index contributed by atoms with van der Waals surface area (Å²) < 4.78 is 0. The predicted molar refractivity (Wildman–Crippen MR) is 80.1 cm³/mol. The van der Waals surface area contributed by atoms with Crippen LogP contribution in [0.3, 0.4) is 0 Å².